The number of likely N-dealkylation sites (tertiary alicyclic amines) is 1. The summed E-state index contributed by atoms with van der Waals surface area (Å²) in [5, 5.41) is 6.66. The van der Waals surface area contributed by atoms with Crippen LogP contribution in [0.4, 0.5) is 0 Å². The molecule has 170 valence electrons. The lowest BCUT2D eigenvalue weighted by Gasteiger charge is -2.24. The fraction of sp³-hybridized carbons (Fsp3) is 0.583. The number of guanidine groups is 1. The molecule has 0 spiro atoms. The quantitative estimate of drug-likeness (QED) is 0.483. The highest BCUT2D eigenvalue weighted by atomic mass is 32.1. The van der Waals surface area contributed by atoms with Gasteiger partial charge in [-0.25, -0.2) is 4.98 Å². The molecule has 0 bridgehead atoms. The maximum atomic E-state index is 5.38. The van der Waals surface area contributed by atoms with Gasteiger partial charge in [0.1, 0.15) is 11.1 Å². The minimum absolute atomic E-state index is 0.0298. The van der Waals surface area contributed by atoms with Gasteiger partial charge in [-0.15, -0.1) is 11.3 Å². The number of hydrogen-bond acceptors (Lipinski definition) is 5. The second-order valence-electron chi connectivity index (χ2n) is 8.27. The third-order valence-electron chi connectivity index (χ3n) is 5.89. The molecule has 1 aliphatic rings. The summed E-state index contributed by atoms with van der Waals surface area (Å²) < 4.78 is 5.38. The Morgan fingerprint density at radius 2 is 1.94 bits per heavy atom. The van der Waals surface area contributed by atoms with Crippen molar-refractivity contribution < 1.29 is 4.74 Å². The Balaban J connectivity index is 1.58. The summed E-state index contributed by atoms with van der Waals surface area (Å²) in [5.74, 6) is 0.874. The summed E-state index contributed by atoms with van der Waals surface area (Å²) >= 11 is 1.65. The van der Waals surface area contributed by atoms with Gasteiger partial charge in [0.2, 0.25) is 0 Å². The van der Waals surface area contributed by atoms with Gasteiger partial charge in [0.25, 0.3) is 0 Å². The van der Waals surface area contributed by atoms with Crippen molar-refractivity contribution in [1.29, 1.82) is 0 Å². The van der Waals surface area contributed by atoms with E-state index in [9.17, 15) is 0 Å². The molecule has 1 aliphatic heterocycles. The average Bonchev–Trinajstić information content (AvgIpc) is 3.09. The lowest BCUT2D eigenvalue weighted by Crippen LogP contribution is -2.38. The zero-order valence-electron chi connectivity index (χ0n) is 19.4. The van der Waals surface area contributed by atoms with Crippen LogP contribution in [0.15, 0.2) is 34.6 Å². The molecule has 6 nitrogen and oxygen atoms in total. The number of ether oxygens (including phenoxy) is 1. The first-order valence-corrected chi connectivity index (χ1v) is 12.2. The molecule has 0 radical (unpaired) electrons. The number of aliphatic imine (C=N–C) groups is 1. The highest BCUT2D eigenvalue weighted by molar-refractivity contribution is 7.09. The maximum absolute atomic E-state index is 5.38. The Morgan fingerprint density at radius 3 is 2.61 bits per heavy atom. The monoisotopic (exact) mass is 443 g/mol. The third kappa shape index (κ3) is 7.02. The number of hydrogen-bond donors (Lipinski definition) is 1. The van der Waals surface area contributed by atoms with Crippen molar-refractivity contribution in [1.82, 2.24) is 20.1 Å². The Labute approximate surface area is 191 Å². The van der Waals surface area contributed by atoms with E-state index < -0.39 is 0 Å². The van der Waals surface area contributed by atoms with E-state index >= 15 is 0 Å². The van der Waals surface area contributed by atoms with Crippen molar-refractivity contribution in [3.05, 3.63) is 51.5 Å². The third-order valence-corrected chi connectivity index (χ3v) is 6.95. The van der Waals surface area contributed by atoms with Gasteiger partial charge >= 0.3 is 0 Å². The molecule has 0 aliphatic carbocycles. The van der Waals surface area contributed by atoms with E-state index in [1.54, 1.807) is 18.4 Å². The smallest absolute Gasteiger partial charge is 0.194 e. The van der Waals surface area contributed by atoms with Gasteiger partial charge in [-0.3, -0.25) is 9.89 Å². The van der Waals surface area contributed by atoms with Gasteiger partial charge in [-0.2, -0.15) is 0 Å². The van der Waals surface area contributed by atoms with E-state index in [1.165, 1.54) is 49.9 Å². The molecule has 1 saturated heterocycles. The topological polar surface area (TPSA) is 53.0 Å². The number of aromatic nitrogens is 1. The second kappa shape index (κ2) is 12.2. The fourth-order valence-corrected chi connectivity index (χ4v) is 4.82. The van der Waals surface area contributed by atoms with Crippen LogP contribution in [0.3, 0.4) is 0 Å². The normalized spacial score (nSPS) is 16.7. The molecule has 1 unspecified atom stereocenters. The summed E-state index contributed by atoms with van der Waals surface area (Å²) in [6, 6.07) is 8.77. The van der Waals surface area contributed by atoms with Crippen LogP contribution in [-0.2, 0) is 24.4 Å². The minimum Gasteiger partial charge on any atom is -0.375 e. The van der Waals surface area contributed by atoms with Gasteiger partial charge in [0.15, 0.2) is 5.96 Å². The Morgan fingerprint density at radius 1 is 1.23 bits per heavy atom. The molecule has 2 aromatic rings. The van der Waals surface area contributed by atoms with E-state index in [0.717, 1.165) is 29.8 Å². The van der Waals surface area contributed by atoms with E-state index in [0.29, 0.717) is 6.54 Å². The van der Waals surface area contributed by atoms with Crippen molar-refractivity contribution >= 4 is 17.3 Å². The summed E-state index contributed by atoms with van der Waals surface area (Å²) in [6.07, 6.45) is 5.40. The summed E-state index contributed by atoms with van der Waals surface area (Å²) in [6.45, 7) is 6.96. The molecular formula is C24H37N5OS. The lowest BCUT2D eigenvalue weighted by molar-refractivity contribution is 0.119. The molecule has 1 atom stereocenters. The molecule has 1 aromatic carbocycles. The number of nitrogens with zero attached hydrogens (tertiary/aromatic N) is 4. The second-order valence-corrected chi connectivity index (χ2v) is 9.16. The predicted octanol–water partition coefficient (Wildman–Crippen LogP) is 4.43. The standard InChI is InChI=1S/C24H37N5OS/c1-19(30-4)23-27-22(18-31-23)17-28(3)24(25-2)26-15-20-11-7-8-12-21(20)16-29-13-9-5-6-10-14-29/h7-8,11-12,18-19H,5-6,9-10,13-17H2,1-4H3,(H,25,26). The first kappa shape index (κ1) is 23.7. The van der Waals surface area contributed by atoms with Gasteiger partial charge < -0.3 is 15.0 Å². The molecule has 1 fully saturated rings. The van der Waals surface area contributed by atoms with Gasteiger partial charge in [0, 0.05) is 39.7 Å². The van der Waals surface area contributed by atoms with Gasteiger partial charge in [-0.05, 0) is 44.0 Å². The van der Waals surface area contributed by atoms with E-state index in [-0.39, 0.29) is 6.10 Å². The first-order chi connectivity index (χ1) is 15.1. The number of rotatable bonds is 8. The molecule has 1 aromatic heterocycles. The molecule has 0 saturated carbocycles. The molecule has 7 heteroatoms. The minimum atomic E-state index is 0.0298. The Bertz CT molecular complexity index is 829. The average molecular weight is 444 g/mol. The number of thiazole rings is 1. The Kier molecular flexibility index (Phi) is 9.31. The molecule has 3 rings (SSSR count). The summed E-state index contributed by atoms with van der Waals surface area (Å²) in [5.41, 5.74) is 3.79. The fourth-order valence-electron chi connectivity index (χ4n) is 3.98. The van der Waals surface area contributed by atoms with Gasteiger partial charge in [0.05, 0.1) is 12.2 Å². The number of methoxy groups -OCH3 is 1. The molecule has 2 heterocycles. The molecule has 1 N–H and O–H groups in total. The SMILES string of the molecule is CN=C(NCc1ccccc1CN1CCCCCC1)N(C)Cc1csc(C(C)OC)n1. The number of nitrogens with one attached hydrogen (secondary N) is 1. The number of benzene rings is 1. The van der Waals surface area contributed by atoms with Crippen molar-refractivity contribution in [3.63, 3.8) is 0 Å². The van der Waals surface area contributed by atoms with Crippen LogP contribution >= 0.6 is 11.3 Å². The zero-order valence-corrected chi connectivity index (χ0v) is 20.2. The Hall–Kier alpha value is -1.96. The summed E-state index contributed by atoms with van der Waals surface area (Å²) in [7, 11) is 5.60. The van der Waals surface area contributed by atoms with Crippen molar-refractivity contribution in [3.8, 4) is 0 Å². The highest BCUT2D eigenvalue weighted by Gasteiger charge is 2.14. The summed E-state index contributed by atoms with van der Waals surface area (Å²) in [4.78, 5) is 13.9. The van der Waals surface area contributed by atoms with E-state index in [4.69, 9.17) is 9.72 Å². The van der Waals surface area contributed by atoms with Crippen LogP contribution in [0, 0.1) is 0 Å². The van der Waals surface area contributed by atoms with Gasteiger partial charge in [-0.1, -0.05) is 37.1 Å². The molecule has 31 heavy (non-hydrogen) atoms. The van der Waals surface area contributed by atoms with Crippen molar-refractivity contribution in [2.24, 2.45) is 4.99 Å². The van der Waals surface area contributed by atoms with Crippen LogP contribution in [0.1, 0.15) is 60.5 Å². The van der Waals surface area contributed by atoms with Crippen LogP contribution in [0.5, 0.6) is 0 Å². The molecule has 0 amide bonds. The van der Waals surface area contributed by atoms with Crippen LogP contribution < -0.4 is 5.32 Å². The first-order valence-electron chi connectivity index (χ1n) is 11.3. The zero-order chi connectivity index (χ0) is 22.1. The van der Waals surface area contributed by atoms with Crippen LogP contribution in [0.25, 0.3) is 0 Å². The van der Waals surface area contributed by atoms with Crippen LogP contribution in [-0.4, -0.2) is 55.0 Å². The molecular weight excluding hydrogens is 406 g/mol. The van der Waals surface area contributed by atoms with Crippen molar-refractivity contribution in [2.75, 3.05) is 34.3 Å². The lowest BCUT2D eigenvalue weighted by atomic mass is 10.1. The maximum Gasteiger partial charge on any atom is 0.194 e. The van der Waals surface area contributed by atoms with Crippen LogP contribution in [0.2, 0.25) is 0 Å². The predicted molar refractivity (Wildman–Crippen MR) is 129 cm³/mol. The van der Waals surface area contributed by atoms with E-state index in [2.05, 4.69) is 56.8 Å². The van der Waals surface area contributed by atoms with E-state index in [1.807, 2.05) is 14.0 Å². The highest BCUT2D eigenvalue weighted by Crippen LogP contribution is 2.21. The van der Waals surface area contributed by atoms with Crippen molar-refractivity contribution in [2.45, 2.75) is 58.3 Å². The largest absolute Gasteiger partial charge is 0.375 e.